The van der Waals surface area contributed by atoms with Crippen molar-refractivity contribution in [1.82, 2.24) is 5.32 Å². The number of hydrogen-bond donors (Lipinski definition) is 3. The Bertz CT molecular complexity index is 772. The first kappa shape index (κ1) is 25.2. The zero-order chi connectivity index (χ0) is 24.0. The summed E-state index contributed by atoms with van der Waals surface area (Å²) in [6.07, 6.45) is 11.1. The molecule has 0 amide bonds. The summed E-state index contributed by atoms with van der Waals surface area (Å²) >= 11 is 0. The summed E-state index contributed by atoms with van der Waals surface area (Å²) in [5, 5.41) is 28.3. The molecule has 4 rings (SSSR count). The first-order valence-electron chi connectivity index (χ1n) is 13.4. The van der Waals surface area contributed by atoms with E-state index in [1.807, 2.05) is 0 Å². The van der Waals surface area contributed by atoms with Gasteiger partial charge in [0.15, 0.2) is 0 Å². The van der Waals surface area contributed by atoms with Gasteiger partial charge < -0.3 is 20.4 Å². The lowest BCUT2D eigenvalue weighted by molar-refractivity contribution is -0.0428. The highest BCUT2D eigenvalue weighted by Crippen LogP contribution is 2.66. The number of β-amino-alcohol motifs (C(OH)–C–C–N with tert-alkyl or cyclic N) is 1. The maximum absolute atomic E-state index is 10.2. The fourth-order valence-electron chi connectivity index (χ4n) is 8.10. The van der Waals surface area contributed by atoms with Crippen molar-refractivity contribution in [2.75, 3.05) is 13.2 Å². The molecule has 0 heterocycles. The zero-order valence-corrected chi connectivity index (χ0v) is 21.9. The van der Waals surface area contributed by atoms with Gasteiger partial charge in [-0.2, -0.15) is 0 Å². The molecule has 4 aliphatic carbocycles. The number of aliphatic hydroxyl groups excluding tert-OH is 2. The highest BCUT2D eigenvalue weighted by Gasteiger charge is 2.59. The Morgan fingerprint density at radius 3 is 2.67 bits per heavy atom. The van der Waals surface area contributed by atoms with E-state index in [0.717, 1.165) is 42.7 Å². The Balaban J connectivity index is 1.40. The highest BCUT2D eigenvalue weighted by molar-refractivity contribution is 5.85. The Hall–Kier alpha value is -0.910. The van der Waals surface area contributed by atoms with Gasteiger partial charge >= 0.3 is 0 Å². The van der Waals surface area contributed by atoms with Crippen LogP contribution >= 0.6 is 0 Å². The minimum absolute atomic E-state index is 0.0178. The number of nitrogens with one attached hydrogen (secondary N) is 1. The predicted molar refractivity (Wildman–Crippen MR) is 134 cm³/mol. The first-order chi connectivity index (χ1) is 15.4. The lowest BCUT2D eigenvalue weighted by Gasteiger charge is -2.58. The molecule has 0 aromatic heterocycles. The third kappa shape index (κ3) is 4.92. The van der Waals surface area contributed by atoms with Gasteiger partial charge in [0.25, 0.3) is 0 Å². The van der Waals surface area contributed by atoms with Crippen LogP contribution < -0.4 is 5.32 Å². The lowest BCUT2D eigenvalue weighted by atomic mass is 9.47. The monoisotopic (exact) mass is 460 g/mol. The van der Waals surface area contributed by atoms with Gasteiger partial charge in [0.1, 0.15) is 12.7 Å². The van der Waals surface area contributed by atoms with Crippen LogP contribution in [0.4, 0.5) is 0 Å². The molecule has 5 heteroatoms. The summed E-state index contributed by atoms with van der Waals surface area (Å²) in [6.45, 7) is 14.2. The van der Waals surface area contributed by atoms with Crippen molar-refractivity contribution in [3.8, 4) is 0 Å². The quantitative estimate of drug-likeness (QED) is 0.294. The molecule has 0 aromatic rings. The summed E-state index contributed by atoms with van der Waals surface area (Å²) in [4.78, 5) is 5.63. The van der Waals surface area contributed by atoms with Gasteiger partial charge in [0, 0.05) is 18.0 Å². The number of aliphatic hydroxyl groups is 2. The normalized spacial score (nSPS) is 42.1. The number of fused-ring (bicyclic) bond motifs is 5. The van der Waals surface area contributed by atoms with Crippen molar-refractivity contribution in [3.05, 3.63) is 11.6 Å². The van der Waals surface area contributed by atoms with E-state index < -0.39 is 6.10 Å². The number of nitrogens with zero attached hydrogens (tertiary/aromatic N) is 1. The molecule has 8 atom stereocenters. The molecule has 3 N–H and O–H groups in total. The molecule has 33 heavy (non-hydrogen) atoms. The minimum atomic E-state index is -0.555. The Morgan fingerprint density at radius 1 is 1.18 bits per heavy atom. The van der Waals surface area contributed by atoms with Gasteiger partial charge in [-0.15, -0.1) is 0 Å². The highest BCUT2D eigenvalue weighted by atomic mass is 16.6. The zero-order valence-electron chi connectivity index (χ0n) is 21.9. The third-order valence-electron chi connectivity index (χ3n) is 9.93. The Kier molecular flexibility index (Phi) is 7.08. The largest absolute Gasteiger partial charge is 0.393 e. The van der Waals surface area contributed by atoms with Gasteiger partial charge in [-0.05, 0) is 108 Å². The molecule has 0 aliphatic heterocycles. The summed E-state index contributed by atoms with van der Waals surface area (Å²) in [6, 6.07) is 0. The number of hydrogen-bond acceptors (Lipinski definition) is 5. The van der Waals surface area contributed by atoms with Crippen molar-refractivity contribution < 1.29 is 15.1 Å². The van der Waals surface area contributed by atoms with E-state index in [4.69, 9.17) is 4.84 Å². The Morgan fingerprint density at radius 2 is 1.94 bits per heavy atom. The molecule has 0 spiro atoms. The number of allylic oxidation sites excluding steroid dienone is 1. The maximum atomic E-state index is 10.2. The van der Waals surface area contributed by atoms with Crippen LogP contribution in [0.1, 0.15) is 92.9 Å². The van der Waals surface area contributed by atoms with Crippen molar-refractivity contribution >= 4 is 5.71 Å². The fraction of sp³-hybridized carbons (Fsp3) is 0.893. The van der Waals surface area contributed by atoms with Crippen molar-refractivity contribution in [3.63, 3.8) is 0 Å². The molecule has 5 nitrogen and oxygen atoms in total. The molecule has 188 valence electrons. The van der Waals surface area contributed by atoms with Crippen LogP contribution in [0.2, 0.25) is 0 Å². The summed E-state index contributed by atoms with van der Waals surface area (Å²) in [5.74, 6) is 2.74. The van der Waals surface area contributed by atoms with Gasteiger partial charge in [-0.25, -0.2) is 0 Å². The van der Waals surface area contributed by atoms with Crippen LogP contribution in [0.3, 0.4) is 0 Å². The average molecular weight is 461 g/mol. The molecule has 8 unspecified atom stereocenters. The molecular formula is C28H48N2O3. The van der Waals surface area contributed by atoms with Crippen LogP contribution in [0.5, 0.6) is 0 Å². The van der Waals surface area contributed by atoms with E-state index in [0.29, 0.717) is 23.3 Å². The molecule has 3 saturated carbocycles. The summed E-state index contributed by atoms with van der Waals surface area (Å²) in [5.41, 5.74) is 3.22. The molecule has 3 fully saturated rings. The van der Waals surface area contributed by atoms with Crippen LogP contribution in [0, 0.1) is 34.5 Å². The smallest absolute Gasteiger partial charge is 0.144 e. The minimum Gasteiger partial charge on any atom is -0.393 e. The molecule has 0 saturated heterocycles. The predicted octanol–water partition coefficient (Wildman–Crippen LogP) is 5.07. The molecular weight excluding hydrogens is 412 g/mol. The van der Waals surface area contributed by atoms with Crippen molar-refractivity contribution in [2.24, 2.45) is 39.7 Å². The average Bonchev–Trinajstić information content (AvgIpc) is 3.09. The van der Waals surface area contributed by atoms with E-state index in [1.54, 1.807) is 5.57 Å². The van der Waals surface area contributed by atoms with Gasteiger partial charge in [-0.3, -0.25) is 0 Å². The SMILES string of the molecule is CC(=NOCC(O)CNC(C)(C)C)C1CCC2C3CC=C4CC(O)CCC4(C)C3CCC12C. The topological polar surface area (TPSA) is 74.1 Å². The standard InChI is InChI=1S/C28H48N2O3/c1-18(30-33-17-21(32)16-29-26(2,3)4)23-9-10-24-22-8-7-19-15-20(31)11-13-27(19,5)25(22)12-14-28(23,24)6/h7,20-25,29,31-32H,8-17H2,1-6H3. The molecule has 0 radical (unpaired) electrons. The van der Waals surface area contributed by atoms with Crippen LogP contribution in [0.15, 0.2) is 16.8 Å². The fourth-order valence-corrected chi connectivity index (χ4v) is 8.10. The first-order valence-corrected chi connectivity index (χ1v) is 13.4. The van der Waals surface area contributed by atoms with Gasteiger partial charge in [-0.1, -0.05) is 30.7 Å². The third-order valence-corrected chi connectivity index (χ3v) is 9.93. The second-order valence-corrected chi connectivity index (χ2v) is 13.1. The number of oxime groups is 1. The molecule has 0 bridgehead atoms. The second kappa shape index (κ2) is 9.28. The van der Waals surface area contributed by atoms with Crippen LogP contribution in [-0.2, 0) is 4.84 Å². The van der Waals surface area contributed by atoms with Gasteiger partial charge in [0.2, 0.25) is 0 Å². The van der Waals surface area contributed by atoms with Crippen molar-refractivity contribution in [2.45, 2.75) is 111 Å². The maximum Gasteiger partial charge on any atom is 0.144 e. The van der Waals surface area contributed by atoms with Gasteiger partial charge in [0.05, 0.1) is 11.8 Å². The second-order valence-electron chi connectivity index (χ2n) is 13.1. The molecule has 4 aliphatic rings. The number of rotatable bonds is 6. The van der Waals surface area contributed by atoms with E-state index in [-0.39, 0.29) is 18.2 Å². The van der Waals surface area contributed by atoms with Crippen LogP contribution in [-0.4, -0.2) is 46.8 Å². The lowest BCUT2D eigenvalue weighted by Crippen LogP contribution is -2.50. The van der Waals surface area contributed by atoms with E-state index in [2.05, 4.69) is 58.1 Å². The van der Waals surface area contributed by atoms with E-state index >= 15 is 0 Å². The Labute approximate surface area is 201 Å². The summed E-state index contributed by atoms with van der Waals surface area (Å²) < 4.78 is 0. The van der Waals surface area contributed by atoms with E-state index in [1.165, 1.54) is 32.1 Å². The molecule has 0 aromatic carbocycles. The van der Waals surface area contributed by atoms with Crippen LogP contribution in [0.25, 0.3) is 0 Å². The van der Waals surface area contributed by atoms with Crippen molar-refractivity contribution in [1.29, 1.82) is 0 Å². The summed E-state index contributed by atoms with van der Waals surface area (Å²) in [7, 11) is 0. The van der Waals surface area contributed by atoms with E-state index in [9.17, 15) is 10.2 Å².